The topological polar surface area (TPSA) is 58.2 Å². The van der Waals surface area contributed by atoms with Crippen molar-refractivity contribution in [2.45, 2.75) is 75.4 Å². The van der Waals surface area contributed by atoms with E-state index in [-0.39, 0.29) is 36.4 Å². The molecule has 1 saturated heterocycles. The van der Waals surface area contributed by atoms with Crippen molar-refractivity contribution in [3.8, 4) is 0 Å². The van der Waals surface area contributed by atoms with Gasteiger partial charge in [0, 0.05) is 16.7 Å². The van der Waals surface area contributed by atoms with Gasteiger partial charge in [-0.3, -0.25) is 9.00 Å². The zero-order valence-electron chi connectivity index (χ0n) is 16.9. The smallest absolute Gasteiger partial charge is 0.252 e. The Labute approximate surface area is 195 Å². The van der Waals surface area contributed by atoms with Gasteiger partial charge in [-0.2, -0.15) is 0 Å². The van der Waals surface area contributed by atoms with E-state index in [1.165, 1.54) is 44.9 Å². The highest BCUT2D eigenvalue weighted by atomic mass is 35.5. The fourth-order valence-electron chi connectivity index (χ4n) is 5.44. The van der Waals surface area contributed by atoms with Gasteiger partial charge in [0.25, 0.3) is 5.91 Å². The Hall–Kier alpha value is -0.620. The van der Waals surface area contributed by atoms with Crippen molar-refractivity contribution < 1.29 is 9.00 Å². The summed E-state index contributed by atoms with van der Waals surface area (Å²) in [6, 6.07) is 5.28. The number of piperidine rings is 1. The summed E-state index contributed by atoms with van der Waals surface area (Å²) in [5.74, 6) is 0.718. The maximum Gasteiger partial charge on any atom is 0.252 e. The van der Waals surface area contributed by atoms with Crippen molar-refractivity contribution in [3.63, 3.8) is 0 Å². The van der Waals surface area contributed by atoms with Crippen molar-refractivity contribution in [3.05, 3.63) is 28.8 Å². The molecule has 30 heavy (non-hydrogen) atoms. The molecular weight excluding hydrogens is 439 g/mol. The van der Waals surface area contributed by atoms with E-state index < -0.39 is 10.8 Å². The molecule has 1 amide bonds. The molecule has 1 atom stereocenters. The first-order valence-electron chi connectivity index (χ1n) is 10.8. The molecule has 3 aliphatic rings. The third-order valence-electron chi connectivity index (χ3n) is 6.99. The minimum atomic E-state index is -1.10. The Kier molecular flexibility index (Phi) is 9.66. The summed E-state index contributed by atoms with van der Waals surface area (Å²) >= 11 is 6.34. The van der Waals surface area contributed by atoms with Crippen LogP contribution < -0.4 is 10.6 Å². The van der Waals surface area contributed by atoms with Gasteiger partial charge in [0.2, 0.25) is 0 Å². The number of hydrogen-bond donors (Lipinski definition) is 2. The van der Waals surface area contributed by atoms with Crippen molar-refractivity contribution in [1.29, 1.82) is 0 Å². The lowest BCUT2D eigenvalue weighted by atomic mass is 9.62. The molecular formula is C23H36Cl2N2O2S. The molecule has 7 heteroatoms. The molecule has 1 aromatic rings. The Morgan fingerprint density at radius 3 is 2.50 bits per heavy atom. The first-order chi connectivity index (χ1) is 13.6. The first kappa shape index (κ1) is 25.6. The van der Waals surface area contributed by atoms with E-state index in [9.17, 15) is 9.00 Å². The molecule has 2 bridgehead atoms. The Morgan fingerprint density at radius 1 is 1.17 bits per heavy atom. The molecule has 1 aromatic carbocycles. The molecule has 170 valence electrons. The summed E-state index contributed by atoms with van der Waals surface area (Å²) in [4.78, 5) is 13.6. The van der Waals surface area contributed by atoms with E-state index >= 15 is 0 Å². The molecule has 2 aliphatic carbocycles. The molecule has 4 rings (SSSR count). The van der Waals surface area contributed by atoms with Gasteiger partial charge in [-0.25, -0.2) is 0 Å². The molecule has 0 radical (unpaired) electrons. The predicted molar refractivity (Wildman–Crippen MR) is 128 cm³/mol. The quantitative estimate of drug-likeness (QED) is 0.604. The van der Waals surface area contributed by atoms with Crippen LogP contribution in [0.25, 0.3) is 0 Å². The molecule has 0 aromatic heterocycles. The standard InChI is InChI=1S/C22H31ClN2O2S.CH4.ClH/c23-20-6-5-18(28(27)17-7-11-24-12-8-17)13-19(20)21(26)25-15-22-9-1-3-16(14-22)4-2-10-22;;/h5-6,13,16-17,24H,1-4,7-12,14-15H2,(H,25,26);1H4;1H. The van der Waals surface area contributed by atoms with Crippen LogP contribution in [0.15, 0.2) is 23.1 Å². The highest BCUT2D eigenvalue weighted by Crippen LogP contribution is 2.48. The van der Waals surface area contributed by atoms with Crippen LogP contribution in [0, 0.1) is 11.3 Å². The molecule has 3 fully saturated rings. The Bertz CT molecular complexity index is 743. The minimum Gasteiger partial charge on any atom is -0.351 e. The Morgan fingerprint density at radius 2 is 1.83 bits per heavy atom. The SMILES string of the molecule is C.Cl.O=C(NCC12CCCC(CCC1)C2)c1cc(S(=O)C2CCNCC2)ccc1Cl. The van der Waals surface area contributed by atoms with Crippen molar-refractivity contribution in [2.75, 3.05) is 19.6 Å². The zero-order chi connectivity index (χ0) is 19.6. The van der Waals surface area contributed by atoms with Crippen LogP contribution in [0.5, 0.6) is 0 Å². The number of fused-ring (bicyclic) bond motifs is 2. The van der Waals surface area contributed by atoms with Gasteiger partial charge in [-0.15, -0.1) is 12.4 Å². The normalized spacial score (nSPS) is 27.3. The van der Waals surface area contributed by atoms with Crippen molar-refractivity contribution >= 4 is 40.7 Å². The number of halogens is 2. The second kappa shape index (κ2) is 11.3. The summed E-state index contributed by atoms with van der Waals surface area (Å²) in [7, 11) is -1.10. The molecule has 1 aliphatic heterocycles. The van der Waals surface area contributed by atoms with Crippen LogP contribution in [0.1, 0.15) is 75.6 Å². The van der Waals surface area contributed by atoms with E-state index in [1.54, 1.807) is 12.1 Å². The van der Waals surface area contributed by atoms with E-state index in [2.05, 4.69) is 10.6 Å². The van der Waals surface area contributed by atoms with Crippen LogP contribution in [-0.4, -0.2) is 35.0 Å². The van der Waals surface area contributed by atoms with Gasteiger partial charge >= 0.3 is 0 Å². The highest BCUT2D eigenvalue weighted by molar-refractivity contribution is 7.85. The maximum absolute atomic E-state index is 12.9. The second-order valence-corrected chi connectivity index (χ2v) is 11.1. The van der Waals surface area contributed by atoms with E-state index in [4.69, 9.17) is 11.6 Å². The molecule has 1 unspecified atom stereocenters. The summed E-state index contributed by atoms with van der Waals surface area (Å²) in [5.41, 5.74) is 0.736. The van der Waals surface area contributed by atoms with Crippen molar-refractivity contribution in [2.24, 2.45) is 11.3 Å². The average molecular weight is 476 g/mol. The number of carbonyl (C=O) groups is 1. The summed E-state index contributed by atoms with van der Waals surface area (Å²) < 4.78 is 12.9. The van der Waals surface area contributed by atoms with E-state index in [0.29, 0.717) is 10.6 Å². The fraction of sp³-hybridized carbons (Fsp3) is 0.696. The van der Waals surface area contributed by atoms with Crippen LogP contribution in [-0.2, 0) is 10.8 Å². The summed E-state index contributed by atoms with van der Waals surface area (Å²) in [6.07, 6.45) is 10.8. The number of benzene rings is 1. The zero-order valence-corrected chi connectivity index (χ0v) is 19.3. The number of amides is 1. The number of nitrogens with one attached hydrogen (secondary N) is 2. The third kappa shape index (κ3) is 5.79. The van der Waals surface area contributed by atoms with Gasteiger partial charge in [0.15, 0.2) is 0 Å². The lowest BCUT2D eigenvalue weighted by molar-refractivity contribution is 0.0681. The predicted octanol–water partition coefficient (Wildman–Crippen LogP) is 5.35. The second-order valence-electron chi connectivity index (χ2n) is 8.93. The monoisotopic (exact) mass is 474 g/mol. The van der Waals surface area contributed by atoms with Crippen LogP contribution in [0.3, 0.4) is 0 Å². The van der Waals surface area contributed by atoms with Gasteiger partial charge in [-0.1, -0.05) is 44.7 Å². The highest BCUT2D eigenvalue weighted by Gasteiger charge is 2.39. The van der Waals surface area contributed by atoms with Gasteiger partial charge in [0.1, 0.15) is 0 Å². The third-order valence-corrected chi connectivity index (χ3v) is 9.11. The van der Waals surface area contributed by atoms with Gasteiger partial charge < -0.3 is 10.6 Å². The molecule has 4 nitrogen and oxygen atoms in total. The molecule has 2 saturated carbocycles. The van der Waals surface area contributed by atoms with Gasteiger partial charge in [0.05, 0.1) is 21.4 Å². The summed E-state index contributed by atoms with van der Waals surface area (Å²) in [5, 5.41) is 7.06. The van der Waals surface area contributed by atoms with E-state index in [0.717, 1.165) is 43.3 Å². The largest absolute Gasteiger partial charge is 0.351 e. The molecule has 1 heterocycles. The lowest BCUT2D eigenvalue weighted by Crippen LogP contribution is -2.43. The first-order valence-corrected chi connectivity index (χ1v) is 12.3. The lowest BCUT2D eigenvalue weighted by Gasteiger charge is -2.45. The number of rotatable bonds is 5. The molecule has 0 spiro atoms. The minimum absolute atomic E-state index is 0. The van der Waals surface area contributed by atoms with Crippen LogP contribution in [0.2, 0.25) is 5.02 Å². The van der Waals surface area contributed by atoms with Crippen LogP contribution >= 0.6 is 24.0 Å². The van der Waals surface area contributed by atoms with E-state index in [1.807, 2.05) is 6.07 Å². The maximum atomic E-state index is 12.9. The average Bonchev–Trinajstić information content (AvgIpc) is 2.73. The summed E-state index contributed by atoms with van der Waals surface area (Å²) in [6.45, 7) is 2.54. The van der Waals surface area contributed by atoms with Crippen LogP contribution in [0.4, 0.5) is 0 Å². The number of carbonyl (C=O) groups excluding carboxylic acids is 1. The number of hydrogen-bond acceptors (Lipinski definition) is 3. The molecule has 2 N–H and O–H groups in total. The van der Waals surface area contributed by atoms with Crippen molar-refractivity contribution in [1.82, 2.24) is 10.6 Å². The van der Waals surface area contributed by atoms with Gasteiger partial charge in [-0.05, 0) is 74.7 Å². The Balaban J connectivity index is 0.00000160. The fourth-order valence-corrected chi connectivity index (χ4v) is 7.13.